The van der Waals surface area contributed by atoms with E-state index in [9.17, 15) is 14.0 Å². The number of benzene rings is 1. The van der Waals surface area contributed by atoms with Gasteiger partial charge in [0.1, 0.15) is 5.82 Å². The van der Waals surface area contributed by atoms with Crippen molar-refractivity contribution in [1.29, 1.82) is 0 Å². The largest absolute Gasteiger partial charge is 0.465 e. The molecule has 0 aromatic heterocycles. The van der Waals surface area contributed by atoms with Crippen LogP contribution in [0.25, 0.3) is 0 Å². The fourth-order valence-electron chi connectivity index (χ4n) is 1.92. The van der Waals surface area contributed by atoms with Gasteiger partial charge in [-0.2, -0.15) is 0 Å². The molecule has 2 rings (SSSR count). The summed E-state index contributed by atoms with van der Waals surface area (Å²) >= 11 is 0. The predicted molar refractivity (Wildman–Crippen MR) is 59.3 cm³/mol. The van der Waals surface area contributed by atoms with E-state index in [1.165, 1.54) is 24.1 Å². The first kappa shape index (κ1) is 11.6. The van der Waals surface area contributed by atoms with Crippen molar-refractivity contribution < 1.29 is 18.7 Å². The van der Waals surface area contributed by atoms with Crippen LogP contribution in [0.3, 0.4) is 0 Å². The minimum absolute atomic E-state index is 0.0539. The van der Waals surface area contributed by atoms with E-state index >= 15 is 0 Å². The summed E-state index contributed by atoms with van der Waals surface area (Å²) in [5.74, 6) is -1.22. The Kier molecular flexibility index (Phi) is 3.08. The van der Waals surface area contributed by atoms with Gasteiger partial charge in [-0.25, -0.2) is 9.18 Å². The van der Waals surface area contributed by atoms with Gasteiger partial charge >= 0.3 is 5.97 Å². The number of nitrogens with zero attached hydrogens (tertiary/aromatic N) is 1. The van der Waals surface area contributed by atoms with Crippen LogP contribution < -0.4 is 4.90 Å². The van der Waals surface area contributed by atoms with Crippen LogP contribution in [-0.4, -0.2) is 25.5 Å². The van der Waals surface area contributed by atoms with Gasteiger partial charge < -0.3 is 9.64 Å². The maximum Gasteiger partial charge on any atom is 0.340 e. The van der Waals surface area contributed by atoms with Gasteiger partial charge in [0.2, 0.25) is 5.91 Å². The third-order valence-electron chi connectivity index (χ3n) is 2.73. The highest BCUT2D eigenvalue weighted by Gasteiger charge is 2.26. The number of hydrogen-bond donors (Lipinski definition) is 0. The molecule has 0 aliphatic carbocycles. The van der Waals surface area contributed by atoms with E-state index in [1.54, 1.807) is 0 Å². The number of ether oxygens (including phenoxy) is 1. The second kappa shape index (κ2) is 4.53. The van der Waals surface area contributed by atoms with Crippen molar-refractivity contribution in [2.75, 3.05) is 18.6 Å². The van der Waals surface area contributed by atoms with Gasteiger partial charge in [-0.15, -0.1) is 0 Å². The summed E-state index contributed by atoms with van der Waals surface area (Å²) in [4.78, 5) is 24.6. The molecule has 0 atom stereocenters. The van der Waals surface area contributed by atoms with Crippen LogP contribution in [0.15, 0.2) is 18.2 Å². The molecular formula is C12H12FNO3. The lowest BCUT2D eigenvalue weighted by Crippen LogP contribution is -2.26. The van der Waals surface area contributed by atoms with E-state index in [0.29, 0.717) is 18.7 Å². The minimum atomic E-state index is -0.640. The summed E-state index contributed by atoms with van der Waals surface area (Å²) < 4.78 is 17.7. The van der Waals surface area contributed by atoms with Crippen LogP contribution in [0, 0.1) is 5.82 Å². The zero-order chi connectivity index (χ0) is 12.4. The molecule has 1 saturated heterocycles. The third kappa shape index (κ3) is 2.13. The van der Waals surface area contributed by atoms with Gasteiger partial charge in [0.05, 0.1) is 18.4 Å². The van der Waals surface area contributed by atoms with Crippen molar-refractivity contribution in [3.8, 4) is 0 Å². The Morgan fingerprint density at radius 2 is 2.24 bits per heavy atom. The maximum absolute atomic E-state index is 13.1. The molecule has 0 unspecified atom stereocenters. The van der Waals surface area contributed by atoms with E-state index in [-0.39, 0.29) is 11.5 Å². The Bertz CT molecular complexity index is 473. The number of esters is 1. The number of amides is 1. The molecule has 4 nitrogen and oxygen atoms in total. The molecule has 1 heterocycles. The van der Waals surface area contributed by atoms with Gasteiger partial charge in [0.15, 0.2) is 0 Å². The highest BCUT2D eigenvalue weighted by atomic mass is 19.1. The van der Waals surface area contributed by atoms with Crippen LogP contribution in [0.5, 0.6) is 0 Å². The average molecular weight is 237 g/mol. The first-order valence-electron chi connectivity index (χ1n) is 5.31. The van der Waals surface area contributed by atoms with Crippen LogP contribution >= 0.6 is 0 Å². The number of carbonyl (C=O) groups is 2. The van der Waals surface area contributed by atoms with Crippen molar-refractivity contribution in [2.24, 2.45) is 0 Å². The molecule has 1 fully saturated rings. The van der Waals surface area contributed by atoms with Gasteiger partial charge in [0, 0.05) is 13.0 Å². The average Bonchev–Trinajstić information content (AvgIpc) is 2.74. The normalized spacial score (nSPS) is 15.2. The summed E-state index contributed by atoms with van der Waals surface area (Å²) in [6.45, 7) is 0.550. The Morgan fingerprint density at radius 3 is 2.82 bits per heavy atom. The molecule has 90 valence electrons. The lowest BCUT2D eigenvalue weighted by molar-refractivity contribution is -0.117. The van der Waals surface area contributed by atoms with E-state index in [4.69, 9.17) is 0 Å². The molecule has 0 bridgehead atoms. The summed E-state index contributed by atoms with van der Waals surface area (Å²) in [6, 6.07) is 3.75. The fourth-order valence-corrected chi connectivity index (χ4v) is 1.92. The molecule has 1 aromatic carbocycles. The van der Waals surface area contributed by atoms with Gasteiger partial charge in [0.25, 0.3) is 0 Å². The number of anilines is 1. The Hall–Kier alpha value is -1.91. The van der Waals surface area contributed by atoms with Crippen molar-refractivity contribution in [3.63, 3.8) is 0 Å². The lowest BCUT2D eigenvalue weighted by Gasteiger charge is -2.18. The van der Waals surface area contributed by atoms with Crippen molar-refractivity contribution in [3.05, 3.63) is 29.6 Å². The molecule has 1 aliphatic heterocycles. The van der Waals surface area contributed by atoms with Crippen LogP contribution in [0.4, 0.5) is 10.1 Å². The van der Waals surface area contributed by atoms with Crippen LogP contribution in [0.1, 0.15) is 23.2 Å². The van der Waals surface area contributed by atoms with E-state index < -0.39 is 11.8 Å². The molecule has 0 radical (unpaired) electrons. The summed E-state index contributed by atoms with van der Waals surface area (Å²) in [5, 5.41) is 0. The van der Waals surface area contributed by atoms with E-state index in [0.717, 1.165) is 12.5 Å². The summed E-state index contributed by atoms with van der Waals surface area (Å²) in [6.07, 6.45) is 1.20. The Morgan fingerprint density at radius 1 is 1.47 bits per heavy atom. The zero-order valence-corrected chi connectivity index (χ0v) is 9.40. The summed E-state index contributed by atoms with van der Waals surface area (Å²) in [7, 11) is 1.23. The molecule has 1 aliphatic rings. The number of carbonyl (C=O) groups excluding carboxylic acids is 2. The van der Waals surface area contributed by atoms with Gasteiger partial charge in [-0.05, 0) is 24.6 Å². The van der Waals surface area contributed by atoms with Crippen molar-refractivity contribution in [1.82, 2.24) is 0 Å². The first-order valence-corrected chi connectivity index (χ1v) is 5.31. The third-order valence-corrected chi connectivity index (χ3v) is 2.73. The molecular weight excluding hydrogens is 225 g/mol. The molecule has 0 spiro atoms. The van der Waals surface area contributed by atoms with Gasteiger partial charge in [-0.1, -0.05) is 0 Å². The highest BCUT2D eigenvalue weighted by molar-refractivity contribution is 6.03. The molecule has 5 heteroatoms. The maximum atomic E-state index is 13.1. The Balaban J connectivity index is 2.45. The van der Waals surface area contributed by atoms with Crippen molar-refractivity contribution in [2.45, 2.75) is 12.8 Å². The second-order valence-corrected chi connectivity index (χ2v) is 3.80. The number of halogens is 1. The number of hydrogen-bond acceptors (Lipinski definition) is 3. The number of methoxy groups -OCH3 is 1. The Labute approximate surface area is 98.0 Å². The molecule has 0 saturated carbocycles. The minimum Gasteiger partial charge on any atom is -0.465 e. The molecule has 0 N–H and O–H groups in total. The second-order valence-electron chi connectivity index (χ2n) is 3.80. The smallest absolute Gasteiger partial charge is 0.340 e. The SMILES string of the molecule is COC(=O)c1cc(F)ccc1N1CCCC1=O. The molecule has 1 amide bonds. The van der Waals surface area contributed by atoms with E-state index in [1.807, 2.05) is 0 Å². The zero-order valence-electron chi connectivity index (χ0n) is 9.40. The van der Waals surface area contributed by atoms with Crippen molar-refractivity contribution >= 4 is 17.6 Å². The quantitative estimate of drug-likeness (QED) is 0.736. The van der Waals surface area contributed by atoms with Crippen LogP contribution in [0.2, 0.25) is 0 Å². The predicted octanol–water partition coefficient (Wildman–Crippen LogP) is 1.74. The highest BCUT2D eigenvalue weighted by Crippen LogP contribution is 2.26. The summed E-state index contributed by atoms with van der Waals surface area (Å²) in [5.41, 5.74) is 0.503. The first-order chi connectivity index (χ1) is 8.13. The number of rotatable bonds is 2. The lowest BCUT2D eigenvalue weighted by atomic mass is 10.1. The van der Waals surface area contributed by atoms with Crippen LogP contribution in [-0.2, 0) is 9.53 Å². The van der Waals surface area contributed by atoms with E-state index in [2.05, 4.69) is 4.74 Å². The molecule has 17 heavy (non-hydrogen) atoms. The van der Waals surface area contributed by atoms with Gasteiger partial charge in [-0.3, -0.25) is 4.79 Å². The molecule has 1 aromatic rings. The monoisotopic (exact) mass is 237 g/mol. The standard InChI is InChI=1S/C12H12FNO3/c1-17-12(16)9-7-8(13)4-5-10(9)14-6-2-3-11(14)15/h4-5,7H,2-3,6H2,1H3. The fraction of sp³-hybridized carbons (Fsp3) is 0.333. The topological polar surface area (TPSA) is 46.6 Å².